The minimum Gasteiger partial charge on any atom is -0.412 e. The van der Waals surface area contributed by atoms with E-state index in [0.717, 1.165) is 23.7 Å². The van der Waals surface area contributed by atoms with Gasteiger partial charge in [0.05, 0.1) is 0 Å². The van der Waals surface area contributed by atoms with Crippen LogP contribution in [0.3, 0.4) is 0 Å². The molecule has 0 saturated heterocycles. The standard InChI is InChI=1S/C21H34.C2H6.H2O/c1-4-15-9-11-18-17-10-8-16-7-5-6-13-20(16,2)19(17)12-14-21(15,18)3;1-2;/h8,15,17-19H,4-7,9-14H2,1-3H3;1-2H3;1H2. The quantitative estimate of drug-likeness (QED) is 0.486. The predicted octanol–water partition coefficient (Wildman–Crippen LogP) is 6.57. The summed E-state index contributed by atoms with van der Waals surface area (Å²) in [5.74, 6) is 4.10. The second kappa shape index (κ2) is 7.52. The Morgan fingerprint density at radius 2 is 1.75 bits per heavy atom. The van der Waals surface area contributed by atoms with Gasteiger partial charge in [0.25, 0.3) is 0 Å². The summed E-state index contributed by atoms with van der Waals surface area (Å²) in [5, 5.41) is 0. The highest BCUT2D eigenvalue weighted by Crippen LogP contribution is 2.66. The van der Waals surface area contributed by atoms with Gasteiger partial charge in [0.2, 0.25) is 0 Å². The van der Waals surface area contributed by atoms with E-state index in [1.165, 1.54) is 64.2 Å². The number of allylic oxidation sites excluding steroid dienone is 2. The van der Waals surface area contributed by atoms with E-state index in [1.807, 2.05) is 19.4 Å². The van der Waals surface area contributed by atoms with E-state index in [1.54, 1.807) is 0 Å². The summed E-state index contributed by atoms with van der Waals surface area (Å²) in [6, 6.07) is 0. The largest absolute Gasteiger partial charge is 0.412 e. The fourth-order valence-electron chi connectivity index (χ4n) is 7.48. The summed E-state index contributed by atoms with van der Waals surface area (Å²) in [5.41, 5.74) is 3.14. The van der Waals surface area contributed by atoms with Crippen molar-refractivity contribution in [2.75, 3.05) is 0 Å². The lowest BCUT2D eigenvalue weighted by Gasteiger charge is -2.57. The highest BCUT2D eigenvalue weighted by Gasteiger charge is 2.57. The molecule has 140 valence electrons. The van der Waals surface area contributed by atoms with Crippen LogP contribution >= 0.6 is 0 Å². The van der Waals surface area contributed by atoms with Crippen molar-refractivity contribution in [1.82, 2.24) is 0 Å². The molecule has 4 aliphatic rings. The molecule has 0 heterocycles. The van der Waals surface area contributed by atoms with Gasteiger partial charge in [-0.2, -0.15) is 0 Å². The van der Waals surface area contributed by atoms with Crippen LogP contribution in [0.4, 0.5) is 0 Å². The normalized spacial score (nSPS) is 46.3. The Balaban J connectivity index is 0.000000670. The first-order valence-corrected chi connectivity index (χ1v) is 10.8. The van der Waals surface area contributed by atoms with Gasteiger partial charge in [-0.05, 0) is 85.9 Å². The summed E-state index contributed by atoms with van der Waals surface area (Å²) in [6.45, 7) is 11.7. The van der Waals surface area contributed by atoms with Crippen molar-refractivity contribution in [3.63, 3.8) is 0 Å². The second-order valence-electron chi connectivity index (χ2n) is 9.19. The molecule has 0 amide bonds. The van der Waals surface area contributed by atoms with Gasteiger partial charge >= 0.3 is 0 Å². The minimum atomic E-state index is 0. The van der Waals surface area contributed by atoms with Crippen LogP contribution in [-0.2, 0) is 0 Å². The van der Waals surface area contributed by atoms with Crippen molar-refractivity contribution in [3.05, 3.63) is 11.6 Å². The maximum absolute atomic E-state index is 2.71. The Morgan fingerprint density at radius 3 is 2.46 bits per heavy atom. The Kier molecular flexibility index (Phi) is 6.27. The lowest BCUT2D eigenvalue weighted by atomic mass is 9.47. The molecule has 2 N–H and O–H groups in total. The fourth-order valence-corrected chi connectivity index (χ4v) is 7.48. The molecule has 0 aromatic rings. The molecule has 1 heteroatoms. The van der Waals surface area contributed by atoms with Crippen LogP contribution < -0.4 is 0 Å². The second-order valence-corrected chi connectivity index (χ2v) is 9.19. The van der Waals surface area contributed by atoms with Crippen molar-refractivity contribution < 1.29 is 5.48 Å². The predicted molar refractivity (Wildman–Crippen MR) is 105 cm³/mol. The van der Waals surface area contributed by atoms with Gasteiger partial charge < -0.3 is 5.48 Å². The molecule has 4 aliphatic carbocycles. The number of hydrogen-bond acceptors (Lipinski definition) is 0. The Bertz CT molecular complexity index is 453. The highest BCUT2D eigenvalue weighted by atomic mass is 16.0. The van der Waals surface area contributed by atoms with Gasteiger partial charge in [-0.3, -0.25) is 0 Å². The van der Waals surface area contributed by atoms with Gasteiger partial charge in [0.15, 0.2) is 0 Å². The Hall–Kier alpha value is -0.300. The van der Waals surface area contributed by atoms with Crippen LogP contribution in [0.25, 0.3) is 0 Å². The molecule has 1 nitrogen and oxygen atoms in total. The zero-order valence-corrected chi connectivity index (χ0v) is 17.0. The maximum atomic E-state index is 2.71. The summed E-state index contributed by atoms with van der Waals surface area (Å²) in [6.07, 6.45) is 17.5. The van der Waals surface area contributed by atoms with Crippen LogP contribution in [0.2, 0.25) is 0 Å². The number of rotatable bonds is 1. The summed E-state index contributed by atoms with van der Waals surface area (Å²) < 4.78 is 0. The molecule has 3 saturated carbocycles. The monoisotopic (exact) mass is 334 g/mol. The molecular weight excluding hydrogens is 292 g/mol. The molecule has 0 bridgehead atoms. The molecule has 0 radical (unpaired) electrons. The molecule has 4 rings (SSSR count). The molecule has 0 aliphatic heterocycles. The molecule has 0 aromatic carbocycles. The van der Waals surface area contributed by atoms with E-state index in [0.29, 0.717) is 10.8 Å². The van der Waals surface area contributed by atoms with E-state index in [2.05, 4.69) is 26.8 Å². The first kappa shape index (κ1) is 20.0. The highest BCUT2D eigenvalue weighted by molar-refractivity contribution is 5.24. The SMILES string of the molecule is CC.CCC1CCC2C3CC=C4CCCCC4(C)C3CCC12C.O. The van der Waals surface area contributed by atoms with Gasteiger partial charge in [0, 0.05) is 0 Å². The lowest BCUT2D eigenvalue weighted by Crippen LogP contribution is -2.49. The number of hydrogen-bond donors (Lipinski definition) is 0. The minimum absolute atomic E-state index is 0. The van der Waals surface area contributed by atoms with Crippen LogP contribution in [-0.4, -0.2) is 5.48 Å². The van der Waals surface area contributed by atoms with E-state index in [4.69, 9.17) is 0 Å². The number of fused-ring (bicyclic) bond motifs is 5. The van der Waals surface area contributed by atoms with Gasteiger partial charge in [-0.25, -0.2) is 0 Å². The van der Waals surface area contributed by atoms with Gasteiger partial charge in [0.1, 0.15) is 0 Å². The average Bonchev–Trinajstić information content (AvgIpc) is 2.92. The first-order chi connectivity index (χ1) is 11.1. The van der Waals surface area contributed by atoms with Gasteiger partial charge in [-0.15, -0.1) is 0 Å². The van der Waals surface area contributed by atoms with Crippen LogP contribution in [0.5, 0.6) is 0 Å². The van der Waals surface area contributed by atoms with E-state index in [-0.39, 0.29) is 5.48 Å². The molecule has 6 atom stereocenters. The first-order valence-electron chi connectivity index (χ1n) is 10.8. The Morgan fingerprint density at radius 1 is 1.00 bits per heavy atom. The van der Waals surface area contributed by atoms with Crippen molar-refractivity contribution in [2.24, 2.45) is 34.5 Å². The Labute approximate surface area is 151 Å². The van der Waals surface area contributed by atoms with Crippen molar-refractivity contribution in [3.8, 4) is 0 Å². The zero-order chi connectivity index (χ0) is 16.7. The maximum Gasteiger partial charge on any atom is -0.00853 e. The molecule has 3 fully saturated rings. The fraction of sp³-hybridized carbons (Fsp3) is 0.913. The molecular formula is C23H42O. The molecule has 0 spiro atoms. The molecule has 6 unspecified atom stereocenters. The van der Waals surface area contributed by atoms with Crippen LogP contribution in [0, 0.1) is 34.5 Å². The third-order valence-electron chi connectivity index (χ3n) is 8.71. The van der Waals surface area contributed by atoms with Crippen molar-refractivity contribution in [2.45, 2.75) is 98.8 Å². The molecule has 0 aromatic heterocycles. The van der Waals surface area contributed by atoms with E-state index < -0.39 is 0 Å². The summed E-state index contributed by atoms with van der Waals surface area (Å²) >= 11 is 0. The third-order valence-corrected chi connectivity index (χ3v) is 8.71. The molecule has 24 heavy (non-hydrogen) atoms. The van der Waals surface area contributed by atoms with E-state index >= 15 is 0 Å². The topological polar surface area (TPSA) is 31.5 Å². The smallest absolute Gasteiger partial charge is 0.00853 e. The lowest BCUT2D eigenvalue weighted by molar-refractivity contribution is -0.0415. The van der Waals surface area contributed by atoms with Crippen LogP contribution in [0.1, 0.15) is 98.8 Å². The van der Waals surface area contributed by atoms with Crippen molar-refractivity contribution >= 4 is 0 Å². The average molecular weight is 335 g/mol. The third kappa shape index (κ3) is 2.79. The summed E-state index contributed by atoms with van der Waals surface area (Å²) in [4.78, 5) is 0. The summed E-state index contributed by atoms with van der Waals surface area (Å²) in [7, 11) is 0. The van der Waals surface area contributed by atoms with Crippen molar-refractivity contribution in [1.29, 1.82) is 0 Å². The zero-order valence-electron chi connectivity index (χ0n) is 17.0. The van der Waals surface area contributed by atoms with Crippen LogP contribution in [0.15, 0.2) is 11.6 Å². The van der Waals surface area contributed by atoms with E-state index in [9.17, 15) is 0 Å². The van der Waals surface area contributed by atoms with Gasteiger partial charge in [-0.1, -0.05) is 59.1 Å².